The van der Waals surface area contributed by atoms with Crippen LogP contribution in [0, 0.1) is 16.7 Å². The van der Waals surface area contributed by atoms with E-state index in [0.29, 0.717) is 5.02 Å². The molecule has 1 aromatic rings. The van der Waals surface area contributed by atoms with Gasteiger partial charge in [-0.1, -0.05) is 34.8 Å². The van der Waals surface area contributed by atoms with Crippen LogP contribution in [0.25, 0.3) is 0 Å². The summed E-state index contributed by atoms with van der Waals surface area (Å²) in [7, 11) is 0. The van der Waals surface area contributed by atoms with Crippen molar-refractivity contribution in [2.45, 2.75) is 0 Å². The largest absolute Gasteiger partial charge is 0.382 e. The monoisotopic (exact) mass is 289 g/mol. The maximum absolute atomic E-state index is 8.63. The fourth-order valence-electron chi connectivity index (χ4n) is 0.906. The number of hydrazone groups is 1. The lowest BCUT2D eigenvalue weighted by atomic mass is 10.3. The van der Waals surface area contributed by atoms with Gasteiger partial charge in [-0.05, 0) is 12.1 Å². The topological polar surface area (TPSA) is 98.0 Å². The first kappa shape index (κ1) is 13.6. The van der Waals surface area contributed by atoms with Crippen molar-refractivity contribution < 1.29 is 0 Å². The highest BCUT2D eigenvalue weighted by Crippen LogP contribution is 2.33. The second-order valence-corrected chi connectivity index (χ2v) is 4.09. The molecule has 0 amide bonds. The molecule has 0 aliphatic rings. The Hall–Kier alpha value is -1.48. The van der Waals surface area contributed by atoms with Crippen molar-refractivity contribution in [3.05, 3.63) is 27.2 Å². The van der Waals surface area contributed by atoms with Gasteiger partial charge in [0.25, 0.3) is 0 Å². The molecule has 0 spiro atoms. The summed E-state index contributed by atoms with van der Waals surface area (Å²) in [6.07, 6.45) is 0. The van der Waals surface area contributed by atoms with Crippen LogP contribution in [0.5, 0.6) is 0 Å². The van der Waals surface area contributed by atoms with Gasteiger partial charge < -0.3 is 5.73 Å². The number of nitrogens with one attached hydrogen (secondary N) is 2. The van der Waals surface area contributed by atoms with Crippen molar-refractivity contribution in [2.75, 3.05) is 5.43 Å². The molecular formula is C9H6Cl3N5. The summed E-state index contributed by atoms with van der Waals surface area (Å²) in [5.41, 5.74) is 7.59. The Morgan fingerprint density at radius 3 is 2.29 bits per heavy atom. The number of amidine groups is 1. The summed E-state index contributed by atoms with van der Waals surface area (Å²) < 4.78 is 0. The van der Waals surface area contributed by atoms with Gasteiger partial charge >= 0.3 is 0 Å². The van der Waals surface area contributed by atoms with E-state index >= 15 is 0 Å². The molecule has 0 heterocycles. The van der Waals surface area contributed by atoms with Crippen molar-refractivity contribution in [3.8, 4) is 6.07 Å². The summed E-state index contributed by atoms with van der Waals surface area (Å²) in [5.74, 6) is -0.457. The summed E-state index contributed by atoms with van der Waals surface area (Å²) in [6, 6.07) is 4.58. The quantitative estimate of drug-likeness (QED) is 0.453. The van der Waals surface area contributed by atoms with E-state index in [0.717, 1.165) is 0 Å². The fourth-order valence-corrected chi connectivity index (χ4v) is 1.81. The number of benzene rings is 1. The van der Waals surface area contributed by atoms with Gasteiger partial charge in [0.2, 0.25) is 5.71 Å². The predicted octanol–water partition coefficient (Wildman–Crippen LogP) is 2.87. The van der Waals surface area contributed by atoms with Gasteiger partial charge in [-0.3, -0.25) is 10.8 Å². The smallest absolute Gasteiger partial charge is 0.201 e. The molecule has 0 fully saturated rings. The van der Waals surface area contributed by atoms with Crippen LogP contribution in [-0.4, -0.2) is 11.5 Å². The van der Waals surface area contributed by atoms with E-state index in [1.807, 2.05) is 0 Å². The average molecular weight is 291 g/mol. The Labute approximate surface area is 112 Å². The van der Waals surface area contributed by atoms with E-state index in [9.17, 15) is 0 Å². The van der Waals surface area contributed by atoms with Crippen molar-refractivity contribution in [1.29, 1.82) is 10.7 Å². The van der Waals surface area contributed by atoms with Gasteiger partial charge in [-0.2, -0.15) is 10.4 Å². The van der Waals surface area contributed by atoms with Gasteiger partial charge in [0, 0.05) is 5.02 Å². The van der Waals surface area contributed by atoms with Crippen LogP contribution in [0.3, 0.4) is 0 Å². The fraction of sp³-hybridized carbons (Fsp3) is 0. The Morgan fingerprint density at radius 1 is 1.35 bits per heavy atom. The minimum atomic E-state index is -0.457. The molecule has 1 aromatic carbocycles. The average Bonchev–Trinajstić information content (AvgIpc) is 2.21. The zero-order valence-electron chi connectivity index (χ0n) is 8.26. The molecule has 8 heteroatoms. The number of hydrogen-bond acceptors (Lipinski definition) is 4. The van der Waals surface area contributed by atoms with Crippen LogP contribution >= 0.6 is 34.8 Å². The van der Waals surface area contributed by atoms with Gasteiger partial charge in [-0.25, -0.2) is 0 Å². The molecule has 0 radical (unpaired) electrons. The molecule has 0 saturated carbocycles. The number of halogens is 3. The Bertz CT molecular complexity index is 509. The van der Waals surface area contributed by atoms with Crippen molar-refractivity contribution in [2.24, 2.45) is 10.8 Å². The third-order valence-electron chi connectivity index (χ3n) is 1.65. The molecule has 0 aliphatic carbocycles. The first-order chi connectivity index (χ1) is 7.95. The lowest BCUT2D eigenvalue weighted by molar-refractivity contribution is 1.33. The predicted molar refractivity (Wildman–Crippen MR) is 70.1 cm³/mol. The molecule has 4 N–H and O–H groups in total. The summed E-state index contributed by atoms with van der Waals surface area (Å²) in [6.45, 7) is 0. The highest BCUT2D eigenvalue weighted by molar-refractivity contribution is 6.46. The first-order valence-corrected chi connectivity index (χ1v) is 5.32. The van der Waals surface area contributed by atoms with E-state index in [1.54, 1.807) is 6.07 Å². The molecule has 0 aliphatic heterocycles. The number of nitrogens with zero attached hydrogens (tertiary/aromatic N) is 2. The third-order valence-corrected chi connectivity index (χ3v) is 2.46. The maximum atomic E-state index is 8.63. The minimum absolute atomic E-state index is 0.243. The molecule has 0 unspecified atom stereocenters. The number of hydrogen-bond donors (Lipinski definition) is 3. The van der Waals surface area contributed by atoms with Crippen LogP contribution in [0.2, 0.25) is 15.1 Å². The van der Waals surface area contributed by atoms with E-state index in [1.165, 1.54) is 12.1 Å². The minimum Gasteiger partial charge on any atom is -0.382 e. The number of nitrogens with two attached hydrogens (primary N) is 1. The molecule has 5 nitrogen and oxygen atoms in total. The molecule has 88 valence electrons. The molecular weight excluding hydrogens is 284 g/mol. The molecule has 0 aromatic heterocycles. The van der Waals surface area contributed by atoms with Crippen molar-refractivity contribution in [3.63, 3.8) is 0 Å². The Balaban J connectivity index is 3.05. The Morgan fingerprint density at radius 2 is 1.88 bits per heavy atom. The van der Waals surface area contributed by atoms with Crippen LogP contribution in [0.1, 0.15) is 0 Å². The normalized spacial score (nSPS) is 10.8. The summed E-state index contributed by atoms with van der Waals surface area (Å²) in [4.78, 5) is 0. The van der Waals surface area contributed by atoms with E-state index in [2.05, 4.69) is 10.5 Å². The SMILES string of the molecule is N#C/C(=N\Nc1c(Cl)cc(Cl)cc1Cl)C(=N)N. The van der Waals surface area contributed by atoms with Crippen molar-refractivity contribution >= 4 is 52.0 Å². The van der Waals surface area contributed by atoms with E-state index < -0.39 is 5.84 Å². The van der Waals surface area contributed by atoms with E-state index in [4.69, 9.17) is 51.2 Å². The van der Waals surface area contributed by atoms with Crippen molar-refractivity contribution in [1.82, 2.24) is 0 Å². The summed E-state index contributed by atoms with van der Waals surface area (Å²) in [5, 5.41) is 20.2. The lowest BCUT2D eigenvalue weighted by Crippen LogP contribution is -2.21. The zero-order valence-corrected chi connectivity index (χ0v) is 10.5. The lowest BCUT2D eigenvalue weighted by Gasteiger charge is -2.06. The maximum Gasteiger partial charge on any atom is 0.201 e. The third kappa shape index (κ3) is 3.49. The second kappa shape index (κ2) is 5.73. The number of rotatable bonds is 3. The zero-order chi connectivity index (χ0) is 13.0. The van der Waals surface area contributed by atoms with E-state index in [-0.39, 0.29) is 21.4 Å². The molecule has 1 rings (SSSR count). The highest BCUT2D eigenvalue weighted by Gasteiger charge is 2.08. The summed E-state index contributed by atoms with van der Waals surface area (Å²) >= 11 is 17.5. The molecule has 0 atom stereocenters. The van der Waals surface area contributed by atoms with Crippen LogP contribution in [-0.2, 0) is 0 Å². The molecule has 17 heavy (non-hydrogen) atoms. The van der Waals surface area contributed by atoms with Gasteiger partial charge in [0.05, 0.1) is 15.7 Å². The standard InChI is InChI=1S/C9H6Cl3N5/c10-4-1-5(11)8(6(12)2-4)17-16-7(3-13)9(14)15/h1-2,17H,(H3,14,15)/b16-7+. The highest BCUT2D eigenvalue weighted by atomic mass is 35.5. The van der Waals surface area contributed by atoms with Crippen LogP contribution < -0.4 is 11.2 Å². The molecule has 0 bridgehead atoms. The van der Waals surface area contributed by atoms with Gasteiger partial charge in [0.15, 0.2) is 5.84 Å². The van der Waals surface area contributed by atoms with Crippen LogP contribution in [0.4, 0.5) is 5.69 Å². The molecule has 0 saturated heterocycles. The number of anilines is 1. The van der Waals surface area contributed by atoms with Gasteiger partial charge in [0.1, 0.15) is 6.07 Å². The Kier molecular flexibility index (Phi) is 4.58. The van der Waals surface area contributed by atoms with Gasteiger partial charge in [-0.15, -0.1) is 0 Å². The van der Waals surface area contributed by atoms with Crippen LogP contribution in [0.15, 0.2) is 17.2 Å². The first-order valence-electron chi connectivity index (χ1n) is 4.18. The second-order valence-electron chi connectivity index (χ2n) is 2.84. The number of nitriles is 1.